The second kappa shape index (κ2) is 2.47. The highest BCUT2D eigenvalue weighted by atomic mass is 15.3. The summed E-state index contributed by atoms with van der Waals surface area (Å²) in [5.41, 5.74) is 2.14. The molecule has 0 saturated carbocycles. The minimum absolute atomic E-state index is 0.0819. The molecule has 0 fully saturated rings. The van der Waals surface area contributed by atoms with E-state index < -0.39 is 0 Å². The lowest BCUT2D eigenvalue weighted by molar-refractivity contribution is 0.613. The van der Waals surface area contributed by atoms with Gasteiger partial charge in [-0.15, -0.1) is 0 Å². The van der Waals surface area contributed by atoms with Crippen LogP contribution in [-0.4, -0.2) is 30.3 Å². The van der Waals surface area contributed by atoms with E-state index in [9.17, 15) is 0 Å². The third-order valence-electron chi connectivity index (χ3n) is 2.29. The molecule has 0 saturated heterocycles. The van der Waals surface area contributed by atoms with E-state index in [1.807, 2.05) is 24.4 Å². The highest BCUT2D eigenvalue weighted by Gasteiger charge is 2.27. The first-order valence-corrected chi connectivity index (χ1v) is 4.22. The molecule has 64 valence electrons. The number of dihydropyridines is 1. The standard InChI is InChI=1S/C9H8N4/c1-2-6-4-7-8(5-11-13-7)12-9(6)10-3-1/h1-5,8-9,12H. The molecule has 1 N–H and O–H groups in total. The van der Waals surface area contributed by atoms with Crippen molar-refractivity contribution in [2.45, 2.75) is 12.2 Å². The molecule has 0 aliphatic carbocycles. The Bertz CT molecular complexity index is 386. The van der Waals surface area contributed by atoms with Gasteiger partial charge in [-0.1, -0.05) is 6.08 Å². The SMILES string of the molecule is C1=CC2=CC3=NN=CC3NC2N=C1. The van der Waals surface area contributed by atoms with Crippen LogP contribution >= 0.6 is 0 Å². The molecule has 0 aromatic carbocycles. The van der Waals surface area contributed by atoms with E-state index >= 15 is 0 Å². The number of nitrogens with zero attached hydrogens (tertiary/aromatic N) is 3. The highest BCUT2D eigenvalue weighted by Crippen LogP contribution is 2.17. The van der Waals surface area contributed by atoms with Crippen LogP contribution in [0.1, 0.15) is 0 Å². The quantitative estimate of drug-likeness (QED) is 0.561. The van der Waals surface area contributed by atoms with Crippen molar-refractivity contribution >= 4 is 18.1 Å². The van der Waals surface area contributed by atoms with E-state index in [0.717, 1.165) is 11.3 Å². The Balaban J connectivity index is 2.04. The third-order valence-corrected chi connectivity index (χ3v) is 2.29. The largest absolute Gasteiger partial charge is 0.279 e. The van der Waals surface area contributed by atoms with Crippen molar-refractivity contribution in [3.05, 3.63) is 23.8 Å². The second-order valence-corrected chi connectivity index (χ2v) is 3.14. The molecule has 0 aromatic rings. The molecule has 0 radical (unpaired) electrons. The Labute approximate surface area is 75.5 Å². The minimum atomic E-state index is 0.0819. The second-order valence-electron chi connectivity index (χ2n) is 3.14. The topological polar surface area (TPSA) is 49.1 Å². The number of nitrogens with one attached hydrogen (secondary N) is 1. The van der Waals surface area contributed by atoms with Gasteiger partial charge in [-0.2, -0.15) is 10.2 Å². The van der Waals surface area contributed by atoms with Gasteiger partial charge >= 0.3 is 0 Å². The Hall–Kier alpha value is -1.55. The normalized spacial score (nSPS) is 33.8. The van der Waals surface area contributed by atoms with Crippen LogP contribution in [0.4, 0.5) is 0 Å². The average Bonchev–Trinajstić information content (AvgIpc) is 2.61. The number of fused-ring (bicyclic) bond motifs is 2. The first-order valence-electron chi connectivity index (χ1n) is 4.22. The van der Waals surface area contributed by atoms with Gasteiger partial charge in [0.05, 0.1) is 18.0 Å². The van der Waals surface area contributed by atoms with Gasteiger partial charge in [0.2, 0.25) is 0 Å². The van der Waals surface area contributed by atoms with E-state index in [1.165, 1.54) is 0 Å². The molecule has 3 aliphatic heterocycles. The van der Waals surface area contributed by atoms with E-state index in [0.29, 0.717) is 0 Å². The molecule has 0 spiro atoms. The van der Waals surface area contributed by atoms with Crippen LogP contribution < -0.4 is 5.32 Å². The van der Waals surface area contributed by atoms with Gasteiger partial charge in [0.1, 0.15) is 6.17 Å². The Morgan fingerprint density at radius 2 is 2.38 bits per heavy atom. The zero-order valence-corrected chi connectivity index (χ0v) is 6.88. The van der Waals surface area contributed by atoms with E-state index in [4.69, 9.17) is 0 Å². The highest BCUT2D eigenvalue weighted by molar-refractivity contribution is 6.13. The van der Waals surface area contributed by atoms with Crippen LogP contribution in [0.25, 0.3) is 0 Å². The van der Waals surface area contributed by atoms with Crippen molar-refractivity contribution < 1.29 is 0 Å². The van der Waals surface area contributed by atoms with Crippen molar-refractivity contribution in [2.75, 3.05) is 0 Å². The number of aliphatic imine (C=N–C) groups is 1. The van der Waals surface area contributed by atoms with Gasteiger partial charge in [-0.25, -0.2) is 0 Å². The summed E-state index contributed by atoms with van der Waals surface area (Å²) < 4.78 is 0. The predicted octanol–water partition coefficient (Wildman–Crippen LogP) is 0.292. The molecule has 4 nitrogen and oxygen atoms in total. The van der Waals surface area contributed by atoms with Gasteiger partial charge in [0.25, 0.3) is 0 Å². The lowest BCUT2D eigenvalue weighted by Gasteiger charge is -2.25. The molecular weight excluding hydrogens is 164 g/mol. The molecule has 2 atom stereocenters. The lowest BCUT2D eigenvalue weighted by Crippen LogP contribution is -2.46. The fourth-order valence-corrected chi connectivity index (χ4v) is 1.63. The van der Waals surface area contributed by atoms with Crippen molar-refractivity contribution in [1.82, 2.24) is 5.32 Å². The fraction of sp³-hybridized carbons (Fsp3) is 0.222. The summed E-state index contributed by atoms with van der Waals surface area (Å²) in [5.74, 6) is 0. The molecule has 2 unspecified atom stereocenters. The van der Waals surface area contributed by atoms with Crippen molar-refractivity contribution in [1.29, 1.82) is 0 Å². The molecular formula is C9H8N4. The smallest absolute Gasteiger partial charge is 0.126 e. The van der Waals surface area contributed by atoms with Crippen LogP contribution in [0.15, 0.2) is 39.0 Å². The first-order chi connectivity index (χ1) is 6.43. The Morgan fingerprint density at radius 3 is 3.38 bits per heavy atom. The summed E-state index contributed by atoms with van der Waals surface area (Å²) in [6, 6.07) is 0.150. The van der Waals surface area contributed by atoms with Crippen LogP contribution in [0.3, 0.4) is 0 Å². The predicted molar refractivity (Wildman–Crippen MR) is 52.4 cm³/mol. The van der Waals surface area contributed by atoms with Crippen LogP contribution in [0, 0.1) is 0 Å². The van der Waals surface area contributed by atoms with Crippen molar-refractivity contribution in [2.24, 2.45) is 15.2 Å². The number of hydrogen-bond donors (Lipinski definition) is 1. The molecule has 4 heteroatoms. The monoisotopic (exact) mass is 172 g/mol. The van der Waals surface area contributed by atoms with E-state index in [1.54, 1.807) is 6.21 Å². The third kappa shape index (κ3) is 0.990. The minimum Gasteiger partial charge on any atom is -0.279 e. The van der Waals surface area contributed by atoms with Crippen LogP contribution in [-0.2, 0) is 0 Å². The maximum Gasteiger partial charge on any atom is 0.126 e. The van der Waals surface area contributed by atoms with Crippen molar-refractivity contribution in [3.8, 4) is 0 Å². The first kappa shape index (κ1) is 6.91. The molecule has 13 heavy (non-hydrogen) atoms. The summed E-state index contributed by atoms with van der Waals surface area (Å²) in [4.78, 5) is 4.30. The molecule has 3 rings (SSSR count). The lowest BCUT2D eigenvalue weighted by atomic mass is 10.0. The summed E-state index contributed by atoms with van der Waals surface area (Å²) in [6.07, 6.45) is 9.71. The molecule has 0 amide bonds. The van der Waals surface area contributed by atoms with Gasteiger partial charge in [-0.05, 0) is 17.7 Å². The number of hydrogen-bond acceptors (Lipinski definition) is 4. The molecule has 3 heterocycles. The maximum atomic E-state index is 4.30. The Morgan fingerprint density at radius 1 is 1.38 bits per heavy atom. The fourth-order valence-electron chi connectivity index (χ4n) is 1.63. The zero-order chi connectivity index (χ0) is 8.67. The van der Waals surface area contributed by atoms with Crippen LogP contribution in [0.2, 0.25) is 0 Å². The summed E-state index contributed by atoms with van der Waals surface area (Å²) in [6.45, 7) is 0. The van der Waals surface area contributed by atoms with Gasteiger partial charge in [0, 0.05) is 6.21 Å². The molecule has 0 aromatic heterocycles. The average molecular weight is 172 g/mol. The van der Waals surface area contributed by atoms with E-state index in [2.05, 4.69) is 20.5 Å². The van der Waals surface area contributed by atoms with Crippen molar-refractivity contribution in [3.63, 3.8) is 0 Å². The number of allylic oxidation sites excluding steroid dienone is 1. The zero-order valence-electron chi connectivity index (χ0n) is 6.88. The summed E-state index contributed by atoms with van der Waals surface area (Å²) in [5, 5.41) is 11.2. The van der Waals surface area contributed by atoms with Crippen LogP contribution in [0.5, 0.6) is 0 Å². The summed E-state index contributed by atoms with van der Waals surface area (Å²) >= 11 is 0. The van der Waals surface area contributed by atoms with E-state index in [-0.39, 0.29) is 12.2 Å². The maximum absolute atomic E-state index is 4.30. The molecule has 3 aliphatic rings. The number of rotatable bonds is 0. The summed E-state index contributed by atoms with van der Waals surface area (Å²) in [7, 11) is 0. The molecule has 0 bridgehead atoms. The van der Waals surface area contributed by atoms with Gasteiger partial charge < -0.3 is 0 Å². The Kier molecular flexibility index (Phi) is 1.31. The van der Waals surface area contributed by atoms with Gasteiger partial charge in [-0.3, -0.25) is 10.3 Å². The van der Waals surface area contributed by atoms with Gasteiger partial charge in [0.15, 0.2) is 0 Å².